The Morgan fingerprint density at radius 3 is 2.62 bits per heavy atom. The number of thiophene rings is 1. The normalized spacial score (nSPS) is 14.1. The van der Waals surface area contributed by atoms with Crippen LogP contribution < -0.4 is 15.0 Å². The van der Waals surface area contributed by atoms with Gasteiger partial charge in [-0.1, -0.05) is 17.7 Å². The van der Waals surface area contributed by atoms with E-state index in [1.807, 2.05) is 19.1 Å². The van der Waals surface area contributed by atoms with Crippen LogP contribution in [0.3, 0.4) is 0 Å². The van der Waals surface area contributed by atoms with Crippen molar-refractivity contribution in [2.75, 3.05) is 16.9 Å². The molecule has 0 spiro atoms. The van der Waals surface area contributed by atoms with Gasteiger partial charge in [-0.15, -0.1) is 11.3 Å². The second-order valence-electron chi connectivity index (χ2n) is 6.61. The summed E-state index contributed by atoms with van der Waals surface area (Å²) < 4.78 is 6.26. The molecule has 8 heteroatoms. The number of carbonyl (C=O) groups is 2. The summed E-state index contributed by atoms with van der Waals surface area (Å²) in [6.07, 6.45) is 0. The molecule has 0 fully saturated rings. The van der Waals surface area contributed by atoms with Gasteiger partial charge in [0.15, 0.2) is 12.8 Å². The van der Waals surface area contributed by atoms with Crippen molar-refractivity contribution in [3.63, 3.8) is 0 Å². The van der Waals surface area contributed by atoms with Crippen molar-refractivity contribution in [3.05, 3.63) is 74.9 Å². The highest BCUT2D eigenvalue weighted by Crippen LogP contribution is 2.32. The van der Waals surface area contributed by atoms with E-state index in [0.29, 0.717) is 31.9 Å². The molecule has 2 N–H and O–H groups in total. The van der Waals surface area contributed by atoms with Crippen molar-refractivity contribution in [3.8, 4) is 5.75 Å². The predicted molar refractivity (Wildman–Crippen MR) is 113 cm³/mol. The molecule has 6 nitrogen and oxygen atoms in total. The van der Waals surface area contributed by atoms with Gasteiger partial charge in [0.25, 0.3) is 5.91 Å². The minimum Gasteiger partial charge on any atom is -0.479 e. The van der Waals surface area contributed by atoms with Crippen LogP contribution in [0.1, 0.15) is 26.8 Å². The Morgan fingerprint density at radius 1 is 1.21 bits per heavy atom. The van der Waals surface area contributed by atoms with Gasteiger partial charge in [0.1, 0.15) is 5.75 Å². The second kappa shape index (κ2) is 7.77. The fourth-order valence-corrected chi connectivity index (χ4v) is 4.20. The average Bonchev–Trinajstić information content (AvgIpc) is 3.12. The van der Waals surface area contributed by atoms with Crippen LogP contribution in [0.15, 0.2) is 54.6 Å². The molecule has 1 aliphatic heterocycles. The molecular formula is C21H17ClN2O4S. The molecule has 0 radical (unpaired) electrons. The van der Waals surface area contributed by atoms with Gasteiger partial charge in [-0.25, -0.2) is 4.79 Å². The number of aryl methyl sites for hydroxylation is 1. The van der Waals surface area contributed by atoms with Crippen molar-refractivity contribution in [1.82, 2.24) is 0 Å². The summed E-state index contributed by atoms with van der Waals surface area (Å²) in [5.41, 5.74) is 2.83. The van der Waals surface area contributed by atoms with Gasteiger partial charge in [-0.05, 0) is 61.0 Å². The van der Waals surface area contributed by atoms with Crippen LogP contribution in [0.4, 0.5) is 11.4 Å². The van der Waals surface area contributed by atoms with E-state index in [9.17, 15) is 14.7 Å². The van der Waals surface area contributed by atoms with Crippen LogP contribution in [0.25, 0.3) is 0 Å². The van der Waals surface area contributed by atoms with E-state index in [2.05, 4.69) is 5.32 Å². The molecule has 0 saturated heterocycles. The fraction of sp³-hybridized carbons (Fsp3) is 0.143. The molecule has 3 aromatic rings. The Bertz CT molecular complexity index is 1080. The number of carboxylic acid groups (broad SMARTS) is 1. The van der Waals surface area contributed by atoms with Crippen LogP contribution in [0, 0.1) is 6.92 Å². The predicted octanol–water partition coefficient (Wildman–Crippen LogP) is 4.94. The van der Waals surface area contributed by atoms with Crippen molar-refractivity contribution in [2.45, 2.75) is 13.0 Å². The maximum atomic E-state index is 12.8. The van der Waals surface area contributed by atoms with E-state index in [1.165, 1.54) is 16.2 Å². The van der Waals surface area contributed by atoms with Crippen LogP contribution >= 0.6 is 22.9 Å². The van der Waals surface area contributed by atoms with E-state index in [1.54, 1.807) is 42.5 Å². The Kier molecular flexibility index (Phi) is 5.17. The minimum atomic E-state index is -1.00. The molecule has 4 rings (SSSR count). The summed E-state index contributed by atoms with van der Waals surface area (Å²) in [6, 6.07) is 14.9. The van der Waals surface area contributed by atoms with E-state index in [0.717, 1.165) is 5.56 Å². The number of ether oxygens (including phenoxy) is 1. The summed E-state index contributed by atoms with van der Waals surface area (Å²) >= 11 is 7.14. The number of amides is 1. The Hall–Kier alpha value is -3.03. The van der Waals surface area contributed by atoms with Crippen LogP contribution in [0.5, 0.6) is 5.75 Å². The van der Waals surface area contributed by atoms with Gasteiger partial charge in [0.05, 0.1) is 9.90 Å². The van der Waals surface area contributed by atoms with Crippen molar-refractivity contribution >= 4 is 46.2 Å². The fourth-order valence-electron chi connectivity index (χ4n) is 3.10. The number of hydrogen-bond donors (Lipinski definition) is 2. The Labute approximate surface area is 176 Å². The smallest absolute Gasteiger partial charge is 0.331 e. The zero-order valence-electron chi connectivity index (χ0n) is 15.4. The third-order valence-electron chi connectivity index (χ3n) is 4.58. The molecule has 1 atom stereocenters. The van der Waals surface area contributed by atoms with Crippen LogP contribution in [-0.4, -0.2) is 23.7 Å². The number of nitrogens with zero attached hydrogens (tertiary/aromatic N) is 1. The molecular weight excluding hydrogens is 412 g/mol. The number of carbonyl (C=O) groups excluding carboxylic acids is 1. The molecule has 29 heavy (non-hydrogen) atoms. The zero-order valence-corrected chi connectivity index (χ0v) is 17.0. The quantitative estimate of drug-likeness (QED) is 0.601. The third-order valence-corrected chi connectivity index (χ3v) is 5.87. The van der Waals surface area contributed by atoms with Gasteiger partial charge in [-0.2, -0.15) is 0 Å². The highest BCUT2D eigenvalue weighted by molar-refractivity contribution is 7.16. The average molecular weight is 429 g/mol. The van der Waals surface area contributed by atoms with Crippen molar-refractivity contribution in [2.24, 2.45) is 0 Å². The summed E-state index contributed by atoms with van der Waals surface area (Å²) in [7, 11) is 0. The third kappa shape index (κ3) is 3.92. The number of carboxylic acids is 1. The van der Waals surface area contributed by atoms with Gasteiger partial charge in [0.2, 0.25) is 0 Å². The first kappa shape index (κ1) is 19.3. The van der Waals surface area contributed by atoms with E-state index in [4.69, 9.17) is 16.3 Å². The Morgan fingerprint density at radius 2 is 1.97 bits per heavy atom. The van der Waals surface area contributed by atoms with Gasteiger partial charge >= 0.3 is 5.97 Å². The molecule has 0 aliphatic carbocycles. The number of halogens is 1. The SMILES string of the molecule is Cc1ccc2c(c1)OCN(c1ccc(NC(C(=O)O)c3ccc(Cl)s3)cc1)C2=O. The molecule has 1 aliphatic rings. The summed E-state index contributed by atoms with van der Waals surface area (Å²) in [6.45, 7) is 2.06. The lowest BCUT2D eigenvalue weighted by Crippen LogP contribution is -2.38. The number of fused-ring (bicyclic) bond motifs is 1. The standard InChI is InChI=1S/C21H17ClN2O4S/c1-12-2-7-15-16(10-12)28-11-24(20(15)25)14-5-3-13(4-6-14)23-19(21(26)27)17-8-9-18(22)29-17/h2-10,19,23H,11H2,1H3,(H,26,27). The van der Waals surface area contributed by atoms with Gasteiger partial charge in [0, 0.05) is 16.3 Å². The monoisotopic (exact) mass is 428 g/mol. The first-order valence-corrected chi connectivity index (χ1v) is 10.0. The lowest BCUT2D eigenvalue weighted by atomic mass is 10.1. The van der Waals surface area contributed by atoms with Gasteiger partial charge in [-0.3, -0.25) is 9.69 Å². The Balaban J connectivity index is 1.53. The number of rotatable bonds is 5. The van der Waals surface area contributed by atoms with Crippen LogP contribution in [-0.2, 0) is 4.79 Å². The molecule has 1 amide bonds. The van der Waals surface area contributed by atoms with E-state index < -0.39 is 12.0 Å². The zero-order chi connectivity index (χ0) is 20.5. The van der Waals surface area contributed by atoms with Gasteiger partial charge < -0.3 is 15.2 Å². The molecule has 0 saturated carbocycles. The highest BCUT2D eigenvalue weighted by atomic mass is 35.5. The van der Waals surface area contributed by atoms with Crippen molar-refractivity contribution < 1.29 is 19.4 Å². The number of anilines is 2. The summed E-state index contributed by atoms with van der Waals surface area (Å²) in [5.74, 6) is -0.550. The van der Waals surface area contributed by atoms with E-state index >= 15 is 0 Å². The summed E-state index contributed by atoms with van der Waals surface area (Å²) in [4.78, 5) is 26.6. The lowest BCUT2D eigenvalue weighted by molar-refractivity contribution is -0.138. The molecule has 2 heterocycles. The molecule has 1 unspecified atom stereocenters. The summed E-state index contributed by atoms with van der Waals surface area (Å²) in [5, 5.41) is 12.5. The lowest BCUT2D eigenvalue weighted by Gasteiger charge is -2.29. The molecule has 148 valence electrons. The number of benzene rings is 2. The van der Waals surface area contributed by atoms with E-state index in [-0.39, 0.29) is 12.6 Å². The highest BCUT2D eigenvalue weighted by Gasteiger charge is 2.27. The topological polar surface area (TPSA) is 78.9 Å². The molecule has 1 aromatic heterocycles. The number of nitrogens with one attached hydrogen (secondary N) is 1. The maximum Gasteiger partial charge on any atom is 0.331 e. The number of aliphatic carboxylic acids is 1. The first-order valence-electron chi connectivity index (χ1n) is 8.82. The molecule has 2 aromatic carbocycles. The van der Waals surface area contributed by atoms with Crippen molar-refractivity contribution in [1.29, 1.82) is 0 Å². The maximum absolute atomic E-state index is 12.8. The van der Waals surface area contributed by atoms with Crippen LogP contribution in [0.2, 0.25) is 4.34 Å². The second-order valence-corrected chi connectivity index (χ2v) is 8.36. The first-order chi connectivity index (χ1) is 13.9. The number of hydrogen-bond acceptors (Lipinski definition) is 5. The minimum absolute atomic E-state index is 0.119. The molecule has 0 bridgehead atoms. The largest absolute Gasteiger partial charge is 0.479 e.